The highest BCUT2D eigenvalue weighted by Gasteiger charge is 2.24. The molecule has 2 aromatic rings. The van der Waals surface area contributed by atoms with Gasteiger partial charge in [-0.15, -0.1) is 0 Å². The van der Waals surface area contributed by atoms with Gasteiger partial charge in [0.1, 0.15) is 12.4 Å². The van der Waals surface area contributed by atoms with E-state index in [1.54, 1.807) is 18.2 Å². The van der Waals surface area contributed by atoms with Crippen molar-refractivity contribution in [3.63, 3.8) is 0 Å². The standard InChI is InChI=1S/C19H20FNO5S/c1-13-4-5-15(10-14(13)2)18(22)12-26-19(23)11-21(3)27(24,25)17-8-6-16(20)7-9-17/h4-10H,11-12H2,1-3H3. The molecule has 0 spiro atoms. The molecule has 6 nitrogen and oxygen atoms in total. The zero-order valence-corrected chi connectivity index (χ0v) is 16.0. The van der Waals surface area contributed by atoms with E-state index in [4.69, 9.17) is 4.74 Å². The first-order valence-corrected chi connectivity index (χ1v) is 9.53. The number of rotatable bonds is 7. The smallest absolute Gasteiger partial charge is 0.321 e. The molecule has 2 aromatic carbocycles. The van der Waals surface area contributed by atoms with Gasteiger partial charge in [-0.3, -0.25) is 9.59 Å². The molecular formula is C19H20FNO5S. The van der Waals surface area contributed by atoms with E-state index in [0.717, 1.165) is 39.7 Å². The van der Waals surface area contributed by atoms with Crippen LogP contribution in [0.5, 0.6) is 0 Å². The first kappa shape index (κ1) is 20.7. The Hall–Kier alpha value is -2.58. The maximum atomic E-state index is 12.9. The number of ether oxygens (including phenoxy) is 1. The predicted molar refractivity (Wildman–Crippen MR) is 97.4 cm³/mol. The Morgan fingerprint density at radius 3 is 2.26 bits per heavy atom. The number of carbonyl (C=O) groups excluding carboxylic acids is 2. The van der Waals surface area contributed by atoms with Crippen LogP contribution in [0.25, 0.3) is 0 Å². The molecule has 8 heteroatoms. The normalized spacial score (nSPS) is 11.4. The van der Waals surface area contributed by atoms with Crippen molar-refractivity contribution >= 4 is 21.8 Å². The molecule has 0 aromatic heterocycles. The van der Waals surface area contributed by atoms with E-state index in [1.165, 1.54) is 7.05 Å². The van der Waals surface area contributed by atoms with Crippen LogP contribution in [0.1, 0.15) is 21.5 Å². The number of halogens is 1. The van der Waals surface area contributed by atoms with Gasteiger partial charge in [0.25, 0.3) is 0 Å². The molecule has 27 heavy (non-hydrogen) atoms. The molecule has 0 unspecified atom stereocenters. The highest BCUT2D eigenvalue weighted by atomic mass is 32.2. The lowest BCUT2D eigenvalue weighted by Gasteiger charge is -2.16. The minimum atomic E-state index is -3.97. The Labute approximate surface area is 157 Å². The molecule has 0 aliphatic heterocycles. The fourth-order valence-electron chi connectivity index (χ4n) is 2.24. The maximum absolute atomic E-state index is 12.9. The number of esters is 1. The van der Waals surface area contributed by atoms with Crippen molar-refractivity contribution in [3.05, 3.63) is 65.0 Å². The number of carbonyl (C=O) groups is 2. The van der Waals surface area contributed by atoms with Crippen molar-refractivity contribution in [3.8, 4) is 0 Å². The number of sulfonamides is 1. The molecule has 0 atom stereocenters. The molecule has 144 valence electrons. The van der Waals surface area contributed by atoms with Crippen LogP contribution < -0.4 is 0 Å². The SMILES string of the molecule is Cc1ccc(C(=O)COC(=O)CN(C)S(=O)(=O)c2ccc(F)cc2)cc1C. The third-order valence-corrected chi connectivity index (χ3v) is 5.88. The lowest BCUT2D eigenvalue weighted by atomic mass is 10.0. The Morgan fingerprint density at radius 1 is 1.04 bits per heavy atom. The second-order valence-electron chi connectivity index (χ2n) is 6.10. The lowest BCUT2D eigenvalue weighted by molar-refractivity contribution is -0.142. The Kier molecular flexibility index (Phi) is 6.45. The van der Waals surface area contributed by atoms with E-state index >= 15 is 0 Å². The van der Waals surface area contributed by atoms with Crippen molar-refractivity contribution in [1.29, 1.82) is 0 Å². The first-order chi connectivity index (χ1) is 12.6. The van der Waals surface area contributed by atoms with Crippen molar-refractivity contribution in [2.45, 2.75) is 18.7 Å². The third-order valence-electron chi connectivity index (χ3n) is 4.07. The average Bonchev–Trinajstić information content (AvgIpc) is 2.62. The number of likely N-dealkylation sites (N-methyl/N-ethyl adjacent to an activating group) is 1. The predicted octanol–water partition coefficient (Wildman–Crippen LogP) is 2.49. The summed E-state index contributed by atoms with van der Waals surface area (Å²) in [6.07, 6.45) is 0. The Morgan fingerprint density at radius 2 is 1.67 bits per heavy atom. The van der Waals surface area contributed by atoms with Crippen LogP contribution in [0.3, 0.4) is 0 Å². The zero-order chi connectivity index (χ0) is 20.2. The molecule has 0 N–H and O–H groups in total. The summed E-state index contributed by atoms with van der Waals surface area (Å²) in [5.74, 6) is -1.81. The first-order valence-electron chi connectivity index (χ1n) is 8.09. The molecule has 0 radical (unpaired) electrons. The highest BCUT2D eigenvalue weighted by Crippen LogP contribution is 2.15. The number of Topliss-reactive ketones (excluding diaryl/α,β-unsaturated/α-hetero) is 1. The van der Waals surface area contributed by atoms with E-state index in [0.29, 0.717) is 5.56 Å². The molecule has 0 bridgehead atoms. The summed E-state index contributed by atoms with van der Waals surface area (Å²) in [5.41, 5.74) is 2.40. The topological polar surface area (TPSA) is 80.8 Å². The third kappa shape index (κ3) is 5.21. The molecule has 2 rings (SSSR count). The van der Waals surface area contributed by atoms with Gasteiger partial charge in [-0.1, -0.05) is 12.1 Å². The van der Waals surface area contributed by atoms with E-state index in [-0.39, 0.29) is 10.7 Å². The molecule has 0 aliphatic rings. The summed E-state index contributed by atoms with van der Waals surface area (Å²) in [6, 6.07) is 9.39. The quantitative estimate of drug-likeness (QED) is 0.533. The van der Waals surface area contributed by atoms with Gasteiger partial charge in [-0.2, -0.15) is 4.31 Å². The summed E-state index contributed by atoms with van der Waals surface area (Å²) in [6.45, 7) is 2.74. The van der Waals surface area contributed by atoms with Gasteiger partial charge in [0.05, 0.1) is 4.90 Å². The Balaban J connectivity index is 1.95. The number of ketones is 1. The maximum Gasteiger partial charge on any atom is 0.321 e. The van der Waals surface area contributed by atoms with Gasteiger partial charge < -0.3 is 4.74 Å². The van der Waals surface area contributed by atoms with Crippen molar-refractivity contribution in [2.75, 3.05) is 20.2 Å². The molecule has 0 heterocycles. The number of nitrogens with zero attached hydrogens (tertiary/aromatic N) is 1. The van der Waals surface area contributed by atoms with Crippen LogP contribution in [0.4, 0.5) is 4.39 Å². The Bertz CT molecular complexity index is 955. The van der Waals surface area contributed by atoms with E-state index in [9.17, 15) is 22.4 Å². The van der Waals surface area contributed by atoms with Crippen LogP contribution in [0.15, 0.2) is 47.4 Å². The zero-order valence-electron chi connectivity index (χ0n) is 15.2. The van der Waals surface area contributed by atoms with Crippen molar-refractivity contribution in [2.24, 2.45) is 0 Å². The molecular weight excluding hydrogens is 373 g/mol. The average molecular weight is 393 g/mol. The summed E-state index contributed by atoms with van der Waals surface area (Å²) in [7, 11) is -2.77. The second kappa shape index (κ2) is 8.41. The summed E-state index contributed by atoms with van der Waals surface area (Å²) < 4.78 is 43.3. The van der Waals surface area contributed by atoms with Crippen LogP contribution in [-0.2, 0) is 19.6 Å². The highest BCUT2D eigenvalue weighted by molar-refractivity contribution is 7.89. The summed E-state index contributed by atoms with van der Waals surface area (Å²) in [5, 5.41) is 0. The van der Waals surface area contributed by atoms with Crippen LogP contribution >= 0.6 is 0 Å². The molecule has 0 amide bonds. The van der Waals surface area contributed by atoms with Crippen LogP contribution in [0.2, 0.25) is 0 Å². The van der Waals surface area contributed by atoms with Gasteiger partial charge in [-0.25, -0.2) is 12.8 Å². The summed E-state index contributed by atoms with van der Waals surface area (Å²) in [4.78, 5) is 23.9. The van der Waals surface area contributed by atoms with Gasteiger partial charge in [0, 0.05) is 12.6 Å². The molecule has 0 saturated heterocycles. The molecule has 0 saturated carbocycles. The van der Waals surface area contributed by atoms with Gasteiger partial charge in [0.2, 0.25) is 10.0 Å². The van der Waals surface area contributed by atoms with Crippen LogP contribution in [-0.4, -0.2) is 44.7 Å². The van der Waals surface area contributed by atoms with Crippen molar-refractivity contribution < 1.29 is 27.1 Å². The van der Waals surface area contributed by atoms with Crippen LogP contribution in [0, 0.1) is 19.7 Å². The number of hydrogen-bond acceptors (Lipinski definition) is 5. The fraction of sp³-hybridized carbons (Fsp3) is 0.263. The van der Waals surface area contributed by atoms with E-state index < -0.39 is 35.0 Å². The lowest BCUT2D eigenvalue weighted by Crippen LogP contribution is -2.33. The molecule has 0 aliphatic carbocycles. The monoisotopic (exact) mass is 393 g/mol. The fourth-order valence-corrected chi connectivity index (χ4v) is 3.36. The van der Waals surface area contributed by atoms with E-state index in [1.807, 2.05) is 13.8 Å². The van der Waals surface area contributed by atoms with Gasteiger partial charge in [-0.05, 0) is 55.3 Å². The number of hydrogen-bond donors (Lipinski definition) is 0. The number of benzene rings is 2. The van der Waals surface area contributed by atoms with E-state index in [2.05, 4.69) is 0 Å². The second-order valence-corrected chi connectivity index (χ2v) is 8.14. The minimum Gasteiger partial charge on any atom is -0.456 e. The summed E-state index contributed by atoms with van der Waals surface area (Å²) >= 11 is 0. The number of aryl methyl sites for hydroxylation is 2. The van der Waals surface area contributed by atoms with Gasteiger partial charge >= 0.3 is 5.97 Å². The molecule has 0 fully saturated rings. The largest absolute Gasteiger partial charge is 0.456 e. The minimum absolute atomic E-state index is 0.148. The van der Waals surface area contributed by atoms with Gasteiger partial charge in [0.15, 0.2) is 12.4 Å². The van der Waals surface area contributed by atoms with Crippen molar-refractivity contribution in [1.82, 2.24) is 4.31 Å².